The summed E-state index contributed by atoms with van der Waals surface area (Å²) in [7, 11) is 0. The van der Waals surface area contributed by atoms with E-state index in [2.05, 4.69) is 14.1 Å². The molecule has 19 heteroatoms. The van der Waals surface area contributed by atoms with Gasteiger partial charge in [-0.05, 0) is 55.4 Å². The number of aromatic nitrogens is 2. The van der Waals surface area contributed by atoms with Gasteiger partial charge in [-0.1, -0.05) is 0 Å². The van der Waals surface area contributed by atoms with Crippen molar-refractivity contribution in [2.24, 2.45) is 0 Å². The van der Waals surface area contributed by atoms with E-state index in [1.165, 1.54) is 27.7 Å². The van der Waals surface area contributed by atoms with Crippen molar-refractivity contribution < 1.29 is 66.7 Å². The molecule has 0 radical (unpaired) electrons. The molecule has 0 aliphatic carbocycles. The van der Waals surface area contributed by atoms with Gasteiger partial charge >= 0.3 is 35.8 Å². The number of anilines is 1. The fraction of sp³-hybridized carbons (Fsp3) is 0.742. The Morgan fingerprint density at radius 3 is 1.80 bits per heavy atom. The van der Waals surface area contributed by atoms with Crippen LogP contribution >= 0.6 is 11.7 Å². The fourth-order valence-corrected chi connectivity index (χ4v) is 4.45. The third-order valence-electron chi connectivity index (χ3n) is 6.65. The van der Waals surface area contributed by atoms with Crippen molar-refractivity contribution in [1.82, 2.24) is 14.1 Å². The van der Waals surface area contributed by atoms with E-state index < -0.39 is 72.8 Å². The van der Waals surface area contributed by atoms with Crippen molar-refractivity contribution in [3.8, 4) is 5.88 Å². The Hall–Kier alpha value is -4.10. The highest BCUT2D eigenvalue weighted by atomic mass is 32.1. The van der Waals surface area contributed by atoms with E-state index in [-0.39, 0.29) is 31.7 Å². The van der Waals surface area contributed by atoms with Crippen molar-refractivity contribution >= 4 is 53.4 Å². The molecule has 282 valence electrons. The molecular weight excluding hydrogens is 684 g/mol. The second-order valence-corrected chi connectivity index (χ2v) is 12.7. The molecule has 0 amide bonds. The Morgan fingerprint density at radius 2 is 1.28 bits per heavy atom. The summed E-state index contributed by atoms with van der Waals surface area (Å²) < 4.78 is 50.1. The zero-order chi connectivity index (χ0) is 37.4. The molecule has 2 rings (SSSR count). The molecule has 1 aromatic rings. The summed E-state index contributed by atoms with van der Waals surface area (Å²) in [6, 6.07) is 0. The maximum atomic E-state index is 12.7. The summed E-state index contributed by atoms with van der Waals surface area (Å²) in [5.74, 6) is -4.63. The lowest BCUT2D eigenvalue weighted by Gasteiger charge is -2.27. The normalized spacial score (nSPS) is 16.1. The number of carbonyl (C=O) groups excluding carboxylic acids is 6. The van der Waals surface area contributed by atoms with E-state index in [1.807, 2.05) is 25.7 Å². The van der Waals surface area contributed by atoms with E-state index in [0.29, 0.717) is 38.0 Å². The van der Waals surface area contributed by atoms with Crippen LogP contribution in [0.2, 0.25) is 0 Å². The van der Waals surface area contributed by atoms with Gasteiger partial charge in [0.1, 0.15) is 12.7 Å². The maximum Gasteiger partial charge on any atom is 0.347 e. The fourth-order valence-electron chi connectivity index (χ4n) is 3.93. The highest BCUT2D eigenvalue weighted by molar-refractivity contribution is 6.99. The second-order valence-electron chi connectivity index (χ2n) is 12.2. The van der Waals surface area contributed by atoms with E-state index in [4.69, 9.17) is 37.9 Å². The van der Waals surface area contributed by atoms with E-state index in [9.17, 15) is 28.8 Å². The molecule has 5 atom stereocenters. The lowest BCUT2D eigenvalue weighted by Crippen LogP contribution is -2.44. The first-order chi connectivity index (χ1) is 23.5. The van der Waals surface area contributed by atoms with Gasteiger partial charge in [0.25, 0.3) is 5.88 Å². The standard InChI is InChI=1S/C31H48N4O14S/c1-9-43-27(38)18(2)46-29(40)20(4)48-30(41)21(5)47-28(39)19(3)45-23(36)10-11-24(37)49-22(16-32-31(6,7)8)17-44-26-25(33-50-34-26)35-12-14-42-15-13-35/h18-22,32H,9-17H2,1-8H3/t18?,19?,20?,21?,22-/m0/s1. The first kappa shape index (κ1) is 42.1. The molecule has 1 aliphatic heterocycles. The quantitative estimate of drug-likeness (QED) is 0.156. The molecule has 0 aromatic carbocycles. The Bertz CT molecular complexity index is 1300. The molecule has 4 unspecified atom stereocenters. The van der Waals surface area contributed by atoms with Gasteiger partial charge in [0.2, 0.25) is 5.82 Å². The van der Waals surface area contributed by atoms with Crippen molar-refractivity contribution in [2.75, 3.05) is 51.0 Å². The molecule has 1 aliphatic rings. The smallest absolute Gasteiger partial charge is 0.347 e. The molecule has 1 aromatic heterocycles. The highest BCUT2D eigenvalue weighted by Crippen LogP contribution is 2.26. The van der Waals surface area contributed by atoms with Gasteiger partial charge in [-0.15, -0.1) is 4.37 Å². The number of carbonyl (C=O) groups is 6. The number of morpholine rings is 1. The minimum absolute atomic E-state index is 0.0296. The van der Waals surface area contributed by atoms with Crippen LogP contribution in [0.4, 0.5) is 5.82 Å². The Morgan fingerprint density at radius 1 is 0.780 bits per heavy atom. The van der Waals surface area contributed by atoms with E-state index >= 15 is 0 Å². The Kier molecular flexibility index (Phi) is 17.3. The summed E-state index contributed by atoms with van der Waals surface area (Å²) in [6.45, 7) is 15.1. The summed E-state index contributed by atoms with van der Waals surface area (Å²) in [4.78, 5) is 75.7. The third-order valence-corrected chi connectivity index (χ3v) is 7.15. The van der Waals surface area contributed by atoms with Crippen LogP contribution in [0.25, 0.3) is 0 Å². The third kappa shape index (κ3) is 15.2. The van der Waals surface area contributed by atoms with E-state index in [1.54, 1.807) is 6.92 Å². The molecule has 1 fully saturated rings. The zero-order valence-corrected chi connectivity index (χ0v) is 30.5. The average Bonchev–Trinajstić information content (AvgIpc) is 3.53. The number of rotatable bonds is 19. The minimum Gasteiger partial charge on any atom is -0.470 e. The lowest BCUT2D eigenvalue weighted by molar-refractivity contribution is -0.185. The van der Waals surface area contributed by atoms with Crippen LogP contribution in [0.1, 0.15) is 68.2 Å². The van der Waals surface area contributed by atoms with Gasteiger partial charge in [0, 0.05) is 25.2 Å². The Balaban J connectivity index is 1.81. The lowest BCUT2D eigenvalue weighted by atomic mass is 10.1. The van der Waals surface area contributed by atoms with Gasteiger partial charge in [0.05, 0.1) is 44.4 Å². The molecule has 50 heavy (non-hydrogen) atoms. The number of ether oxygens (including phenoxy) is 8. The van der Waals surface area contributed by atoms with Gasteiger partial charge in [0.15, 0.2) is 24.4 Å². The van der Waals surface area contributed by atoms with Crippen LogP contribution in [0, 0.1) is 0 Å². The summed E-state index contributed by atoms with van der Waals surface area (Å²) in [6.07, 6.45) is -7.07. The van der Waals surface area contributed by atoms with Gasteiger partial charge in [-0.25, -0.2) is 19.2 Å². The van der Waals surface area contributed by atoms with Crippen molar-refractivity contribution in [3.63, 3.8) is 0 Å². The maximum absolute atomic E-state index is 12.7. The largest absolute Gasteiger partial charge is 0.470 e. The summed E-state index contributed by atoms with van der Waals surface area (Å²) in [5.41, 5.74) is -0.289. The van der Waals surface area contributed by atoms with Crippen LogP contribution in [0.3, 0.4) is 0 Å². The predicted octanol–water partition coefficient (Wildman–Crippen LogP) is 1.12. The number of nitrogens with zero attached hydrogens (tertiary/aromatic N) is 3. The molecule has 0 bridgehead atoms. The van der Waals surface area contributed by atoms with Crippen LogP contribution in [0.5, 0.6) is 5.88 Å². The molecular formula is C31H48N4O14S. The first-order valence-electron chi connectivity index (χ1n) is 16.2. The average molecular weight is 733 g/mol. The highest BCUT2D eigenvalue weighted by Gasteiger charge is 2.31. The van der Waals surface area contributed by atoms with E-state index in [0.717, 1.165) is 11.7 Å². The molecule has 0 spiro atoms. The first-order valence-corrected chi connectivity index (χ1v) is 16.9. The van der Waals surface area contributed by atoms with Crippen molar-refractivity contribution in [3.05, 3.63) is 0 Å². The van der Waals surface area contributed by atoms with Crippen molar-refractivity contribution in [2.45, 2.75) is 104 Å². The van der Waals surface area contributed by atoms with Gasteiger partial charge in [-0.3, -0.25) is 9.59 Å². The number of hydrogen-bond donors (Lipinski definition) is 1. The minimum atomic E-state index is -1.48. The van der Waals surface area contributed by atoms with Gasteiger partial charge < -0.3 is 48.1 Å². The van der Waals surface area contributed by atoms with Crippen LogP contribution in [-0.4, -0.2) is 127 Å². The van der Waals surface area contributed by atoms with Crippen LogP contribution < -0.4 is 15.0 Å². The molecule has 1 N–H and O–H groups in total. The molecule has 18 nitrogen and oxygen atoms in total. The van der Waals surface area contributed by atoms with Crippen molar-refractivity contribution in [1.29, 1.82) is 0 Å². The monoisotopic (exact) mass is 732 g/mol. The number of nitrogens with one attached hydrogen (secondary N) is 1. The number of esters is 6. The van der Waals surface area contributed by atoms with Gasteiger partial charge in [-0.2, -0.15) is 4.37 Å². The summed E-state index contributed by atoms with van der Waals surface area (Å²) in [5, 5.41) is 3.26. The number of hydrogen-bond acceptors (Lipinski definition) is 19. The Labute approximate surface area is 295 Å². The molecule has 2 heterocycles. The second kappa shape index (κ2) is 20.5. The zero-order valence-electron chi connectivity index (χ0n) is 29.7. The predicted molar refractivity (Wildman–Crippen MR) is 174 cm³/mol. The van der Waals surface area contributed by atoms with Crippen LogP contribution in [0.15, 0.2) is 0 Å². The molecule has 0 saturated carbocycles. The topological polar surface area (TPSA) is 217 Å². The van der Waals surface area contributed by atoms with Crippen LogP contribution in [-0.2, 0) is 61.9 Å². The SMILES string of the molecule is CCOC(=O)C(C)OC(=O)C(C)OC(=O)C(C)OC(=O)C(C)OC(=O)CCC(=O)O[C@@H](CNC(C)(C)C)COc1nsnc1N1CCOCC1. The summed E-state index contributed by atoms with van der Waals surface area (Å²) >= 11 is 1.00. The molecule has 1 saturated heterocycles.